The number of nitrogens with zero attached hydrogens (tertiary/aromatic N) is 1. The van der Waals surface area contributed by atoms with Gasteiger partial charge in [-0.2, -0.15) is 5.10 Å². The Labute approximate surface area is 187 Å². The Morgan fingerprint density at radius 2 is 1.71 bits per heavy atom. The number of halogens is 2. The van der Waals surface area contributed by atoms with Crippen molar-refractivity contribution >= 4 is 28.1 Å². The molecule has 0 radical (unpaired) electrons. The van der Waals surface area contributed by atoms with Crippen LogP contribution in [0.4, 0.5) is 4.39 Å². The van der Waals surface area contributed by atoms with Gasteiger partial charge in [-0.1, -0.05) is 28.1 Å². The van der Waals surface area contributed by atoms with Gasteiger partial charge in [0.1, 0.15) is 18.2 Å². The molecular weight excluding hydrogens is 467 g/mol. The van der Waals surface area contributed by atoms with Gasteiger partial charge in [-0.05, 0) is 59.7 Å². The van der Waals surface area contributed by atoms with E-state index in [-0.39, 0.29) is 12.4 Å². The highest BCUT2D eigenvalue weighted by Gasteiger charge is 2.12. The molecule has 8 heteroatoms. The molecule has 0 aliphatic carbocycles. The van der Waals surface area contributed by atoms with E-state index in [0.29, 0.717) is 28.4 Å². The van der Waals surface area contributed by atoms with Gasteiger partial charge in [0.05, 0.1) is 26.0 Å². The molecule has 0 aliphatic heterocycles. The summed E-state index contributed by atoms with van der Waals surface area (Å²) in [7, 11) is 3.03. The Balaban J connectivity index is 1.65. The van der Waals surface area contributed by atoms with E-state index in [1.165, 1.54) is 32.6 Å². The first-order chi connectivity index (χ1) is 15.0. The van der Waals surface area contributed by atoms with Crippen LogP contribution in [0.15, 0.2) is 70.2 Å². The van der Waals surface area contributed by atoms with Gasteiger partial charge in [-0.25, -0.2) is 9.82 Å². The van der Waals surface area contributed by atoms with Gasteiger partial charge < -0.3 is 14.2 Å². The van der Waals surface area contributed by atoms with Gasteiger partial charge in [-0.15, -0.1) is 0 Å². The van der Waals surface area contributed by atoms with Crippen molar-refractivity contribution < 1.29 is 23.4 Å². The Morgan fingerprint density at radius 3 is 2.42 bits per heavy atom. The van der Waals surface area contributed by atoms with Crippen molar-refractivity contribution in [1.82, 2.24) is 5.43 Å². The molecular formula is C23H20BrFN2O4. The Kier molecular flexibility index (Phi) is 7.61. The van der Waals surface area contributed by atoms with E-state index in [1.54, 1.807) is 48.5 Å². The summed E-state index contributed by atoms with van der Waals surface area (Å²) >= 11 is 3.34. The van der Waals surface area contributed by atoms with E-state index in [1.807, 2.05) is 0 Å². The van der Waals surface area contributed by atoms with Crippen LogP contribution in [0.3, 0.4) is 0 Å². The number of ether oxygens (including phenoxy) is 3. The fourth-order valence-corrected chi connectivity index (χ4v) is 3.07. The number of carbonyl (C=O) groups excluding carboxylic acids is 1. The molecule has 3 rings (SSSR count). The number of hydrogen-bond acceptors (Lipinski definition) is 5. The largest absolute Gasteiger partial charge is 0.496 e. The van der Waals surface area contributed by atoms with Gasteiger partial charge in [-0.3, -0.25) is 4.79 Å². The zero-order chi connectivity index (χ0) is 22.2. The summed E-state index contributed by atoms with van der Waals surface area (Å²) in [4.78, 5) is 12.4. The summed E-state index contributed by atoms with van der Waals surface area (Å²) in [6, 6.07) is 16.5. The second-order valence-electron chi connectivity index (χ2n) is 6.37. The Morgan fingerprint density at radius 1 is 1.00 bits per heavy atom. The lowest BCUT2D eigenvalue weighted by molar-refractivity contribution is 0.0952. The Hall–Kier alpha value is -3.39. The first kappa shape index (κ1) is 22.3. The molecule has 0 aliphatic rings. The molecule has 3 aromatic carbocycles. The van der Waals surface area contributed by atoms with Crippen LogP contribution in [0.1, 0.15) is 21.5 Å². The molecule has 0 fully saturated rings. The number of hydrogen-bond donors (Lipinski definition) is 1. The maximum atomic E-state index is 13.0. The highest BCUT2D eigenvalue weighted by molar-refractivity contribution is 9.10. The minimum atomic E-state index is -0.402. The van der Waals surface area contributed by atoms with Crippen LogP contribution in [0.2, 0.25) is 0 Å². The van der Waals surface area contributed by atoms with Gasteiger partial charge in [0.2, 0.25) is 0 Å². The number of rotatable bonds is 8. The van der Waals surface area contributed by atoms with E-state index in [4.69, 9.17) is 14.2 Å². The first-order valence-corrected chi connectivity index (χ1v) is 10.0. The number of hydrazone groups is 1. The fraction of sp³-hybridized carbons (Fsp3) is 0.130. The molecule has 1 amide bonds. The summed E-state index contributed by atoms with van der Waals surface area (Å²) in [5.41, 5.74) is 4.37. The molecule has 0 heterocycles. The molecule has 3 aromatic rings. The van der Waals surface area contributed by atoms with Crippen LogP contribution in [0.25, 0.3) is 0 Å². The van der Waals surface area contributed by atoms with Crippen molar-refractivity contribution in [3.05, 3.63) is 87.6 Å². The topological polar surface area (TPSA) is 69.2 Å². The van der Waals surface area contributed by atoms with E-state index < -0.39 is 5.91 Å². The van der Waals surface area contributed by atoms with Crippen molar-refractivity contribution in [2.75, 3.05) is 14.2 Å². The van der Waals surface area contributed by atoms with E-state index in [9.17, 15) is 9.18 Å². The van der Waals surface area contributed by atoms with Crippen molar-refractivity contribution in [1.29, 1.82) is 0 Å². The number of nitrogens with one attached hydrogen (secondary N) is 1. The first-order valence-electron chi connectivity index (χ1n) is 9.22. The van der Waals surface area contributed by atoms with Crippen molar-refractivity contribution in [2.45, 2.75) is 6.61 Å². The third-order valence-corrected chi connectivity index (χ3v) is 4.77. The van der Waals surface area contributed by atoms with Gasteiger partial charge in [0, 0.05) is 4.47 Å². The second-order valence-corrected chi connectivity index (χ2v) is 7.28. The van der Waals surface area contributed by atoms with Crippen LogP contribution in [-0.2, 0) is 6.61 Å². The summed E-state index contributed by atoms with van der Waals surface area (Å²) in [5, 5.41) is 4.00. The zero-order valence-electron chi connectivity index (χ0n) is 16.9. The third-order valence-electron chi connectivity index (χ3n) is 4.28. The molecule has 0 atom stereocenters. The summed E-state index contributed by atoms with van der Waals surface area (Å²) in [5.74, 6) is 0.786. The summed E-state index contributed by atoms with van der Waals surface area (Å²) in [6.45, 7) is 0.272. The molecule has 1 N–H and O–H groups in total. The molecule has 0 saturated carbocycles. The summed E-state index contributed by atoms with van der Waals surface area (Å²) < 4.78 is 30.1. The maximum Gasteiger partial charge on any atom is 0.275 e. The van der Waals surface area contributed by atoms with E-state index in [0.717, 1.165) is 10.0 Å². The molecule has 6 nitrogen and oxygen atoms in total. The maximum absolute atomic E-state index is 13.0. The highest BCUT2D eigenvalue weighted by Crippen LogP contribution is 2.28. The zero-order valence-corrected chi connectivity index (χ0v) is 18.5. The molecule has 0 unspecified atom stereocenters. The monoisotopic (exact) mass is 486 g/mol. The molecule has 160 valence electrons. The van der Waals surface area contributed by atoms with Crippen LogP contribution >= 0.6 is 15.9 Å². The number of benzene rings is 3. The molecule has 0 aromatic heterocycles. The number of methoxy groups -OCH3 is 2. The predicted octanol–water partition coefficient (Wildman–Crippen LogP) is 4.95. The van der Waals surface area contributed by atoms with Crippen molar-refractivity contribution in [2.24, 2.45) is 5.10 Å². The number of amides is 1. The fourth-order valence-electron chi connectivity index (χ4n) is 2.71. The van der Waals surface area contributed by atoms with Gasteiger partial charge >= 0.3 is 0 Å². The van der Waals surface area contributed by atoms with Crippen LogP contribution in [0.5, 0.6) is 17.2 Å². The molecule has 0 spiro atoms. The Bertz CT molecular complexity index is 1090. The molecule has 31 heavy (non-hydrogen) atoms. The smallest absolute Gasteiger partial charge is 0.275 e. The van der Waals surface area contributed by atoms with Crippen molar-refractivity contribution in [3.63, 3.8) is 0 Å². The lowest BCUT2D eigenvalue weighted by Gasteiger charge is -2.11. The standard InChI is InChI=1S/C23H20BrFN2O4/c1-29-20-10-6-17(24)12-19(20)23(28)27-26-13-16-5-9-21(22(11-16)30-2)31-14-15-3-7-18(25)8-4-15/h3-13H,14H2,1-2H3,(H,27,28). The quantitative estimate of drug-likeness (QED) is 0.361. The van der Waals surface area contributed by atoms with Gasteiger partial charge in [0.25, 0.3) is 5.91 Å². The van der Waals surface area contributed by atoms with Crippen LogP contribution < -0.4 is 19.6 Å². The number of carbonyl (C=O) groups is 1. The molecule has 0 saturated heterocycles. The summed E-state index contributed by atoms with van der Waals surface area (Å²) in [6.07, 6.45) is 1.49. The average molecular weight is 487 g/mol. The van der Waals surface area contributed by atoms with E-state index >= 15 is 0 Å². The third kappa shape index (κ3) is 6.05. The van der Waals surface area contributed by atoms with E-state index in [2.05, 4.69) is 26.5 Å². The second kappa shape index (κ2) is 10.6. The minimum Gasteiger partial charge on any atom is -0.496 e. The average Bonchev–Trinajstić information content (AvgIpc) is 2.79. The van der Waals surface area contributed by atoms with Crippen molar-refractivity contribution in [3.8, 4) is 17.2 Å². The SMILES string of the molecule is COc1cc(C=NNC(=O)c2cc(Br)ccc2OC)ccc1OCc1ccc(F)cc1. The minimum absolute atomic E-state index is 0.272. The molecule has 0 bridgehead atoms. The lowest BCUT2D eigenvalue weighted by Crippen LogP contribution is -2.18. The van der Waals surface area contributed by atoms with Gasteiger partial charge in [0.15, 0.2) is 11.5 Å². The lowest BCUT2D eigenvalue weighted by atomic mass is 10.2. The predicted molar refractivity (Wildman–Crippen MR) is 119 cm³/mol. The van der Waals surface area contributed by atoms with Crippen LogP contribution in [0, 0.1) is 5.82 Å². The normalized spacial score (nSPS) is 10.7. The van der Waals surface area contributed by atoms with Crippen LogP contribution in [-0.4, -0.2) is 26.3 Å². The highest BCUT2D eigenvalue weighted by atomic mass is 79.9.